The van der Waals surface area contributed by atoms with Crippen molar-refractivity contribution in [2.75, 3.05) is 0 Å². The van der Waals surface area contributed by atoms with Gasteiger partial charge in [0, 0.05) is 18.9 Å². The van der Waals surface area contributed by atoms with Gasteiger partial charge in [0.2, 0.25) is 0 Å². The number of hydrogen-bond donors (Lipinski definition) is 0. The molecule has 1 aromatic heterocycles. The largest absolute Gasteiger partial charge is 1.00 e. The maximum Gasteiger partial charge on any atom is 1.00 e. The normalized spacial score (nSPS) is 10.2. The van der Waals surface area contributed by atoms with Crippen LogP contribution in [0.1, 0.15) is 11.1 Å². The van der Waals surface area contributed by atoms with Crippen molar-refractivity contribution in [3.63, 3.8) is 0 Å². The SMILES string of the molecule is O=C([O-])/C=C/c1cccc(Cn2ccnc2)c1.[Na+]. The second-order valence-electron chi connectivity index (χ2n) is 3.63. The molecule has 0 amide bonds. The summed E-state index contributed by atoms with van der Waals surface area (Å²) in [5.41, 5.74) is 1.93. The Labute approximate surface area is 127 Å². The van der Waals surface area contributed by atoms with Gasteiger partial charge in [0.1, 0.15) is 0 Å². The van der Waals surface area contributed by atoms with Crippen LogP contribution in [0.25, 0.3) is 6.08 Å². The number of imidazole rings is 1. The molecule has 18 heavy (non-hydrogen) atoms. The van der Waals surface area contributed by atoms with Gasteiger partial charge in [0.15, 0.2) is 0 Å². The Morgan fingerprint density at radius 2 is 2.28 bits per heavy atom. The summed E-state index contributed by atoms with van der Waals surface area (Å²) >= 11 is 0. The quantitative estimate of drug-likeness (QED) is 0.453. The number of aliphatic carboxylic acids is 1. The molecule has 0 aliphatic heterocycles. The molecule has 0 bridgehead atoms. The zero-order valence-electron chi connectivity index (χ0n) is 10.1. The third kappa shape index (κ3) is 4.49. The van der Waals surface area contributed by atoms with Crippen molar-refractivity contribution in [1.82, 2.24) is 9.55 Å². The maximum absolute atomic E-state index is 10.3. The van der Waals surface area contributed by atoms with Crippen molar-refractivity contribution in [1.29, 1.82) is 0 Å². The number of benzene rings is 1. The number of hydrogen-bond acceptors (Lipinski definition) is 3. The number of carbonyl (C=O) groups excluding carboxylic acids is 1. The molecule has 0 aliphatic carbocycles. The molecule has 1 heterocycles. The number of aromatic nitrogens is 2. The van der Waals surface area contributed by atoms with Crippen molar-refractivity contribution in [2.24, 2.45) is 0 Å². The van der Waals surface area contributed by atoms with E-state index in [1.165, 1.54) is 6.08 Å². The first-order valence-electron chi connectivity index (χ1n) is 5.18. The summed E-state index contributed by atoms with van der Waals surface area (Å²) in [4.78, 5) is 14.3. The molecule has 1 aromatic carbocycles. The van der Waals surface area contributed by atoms with Crippen LogP contribution in [-0.2, 0) is 11.3 Å². The van der Waals surface area contributed by atoms with E-state index in [0.29, 0.717) is 6.54 Å². The van der Waals surface area contributed by atoms with Crippen LogP contribution in [0.5, 0.6) is 0 Å². The van der Waals surface area contributed by atoms with Crippen molar-refractivity contribution in [2.45, 2.75) is 6.54 Å². The Morgan fingerprint density at radius 1 is 1.44 bits per heavy atom. The predicted octanol–water partition coefficient (Wildman–Crippen LogP) is -2.30. The molecule has 0 saturated carbocycles. The van der Waals surface area contributed by atoms with Gasteiger partial charge in [-0.25, -0.2) is 4.98 Å². The molecule has 2 aromatic rings. The fourth-order valence-electron chi connectivity index (χ4n) is 1.55. The maximum atomic E-state index is 10.3. The molecule has 0 saturated heterocycles. The van der Waals surface area contributed by atoms with Gasteiger partial charge in [0.05, 0.1) is 12.3 Å². The van der Waals surface area contributed by atoms with Crippen LogP contribution in [0.15, 0.2) is 49.1 Å². The molecule has 2 rings (SSSR count). The Balaban J connectivity index is 0.00000162. The summed E-state index contributed by atoms with van der Waals surface area (Å²) in [7, 11) is 0. The van der Waals surface area contributed by atoms with E-state index in [9.17, 15) is 9.90 Å². The summed E-state index contributed by atoms with van der Waals surface area (Å²) in [5.74, 6) is -1.19. The zero-order chi connectivity index (χ0) is 12.1. The summed E-state index contributed by atoms with van der Waals surface area (Å²) < 4.78 is 1.95. The molecule has 0 unspecified atom stereocenters. The average Bonchev–Trinajstić information content (AvgIpc) is 2.80. The topological polar surface area (TPSA) is 57.9 Å². The number of carboxylic acid groups (broad SMARTS) is 1. The fourth-order valence-corrected chi connectivity index (χ4v) is 1.55. The van der Waals surface area contributed by atoms with Gasteiger partial charge in [-0.1, -0.05) is 24.3 Å². The molecule has 0 spiro atoms. The van der Waals surface area contributed by atoms with E-state index in [2.05, 4.69) is 4.98 Å². The van der Waals surface area contributed by atoms with Crippen LogP contribution in [0.2, 0.25) is 0 Å². The molecular formula is C13H11N2NaO2. The molecule has 0 aliphatic rings. The van der Waals surface area contributed by atoms with Gasteiger partial charge in [-0.2, -0.15) is 0 Å². The van der Waals surface area contributed by atoms with Gasteiger partial charge >= 0.3 is 29.6 Å². The third-order valence-corrected chi connectivity index (χ3v) is 2.29. The summed E-state index contributed by atoms with van der Waals surface area (Å²) in [6.45, 7) is 0.715. The smallest absolute Gasteiger partial charge is 0.545 e. The van der Waals surface area contributed by atoms with E-state index < -0.39 is 5.97 Å². The average molecular weight is 250 g/mol. The number of carboxylic acids is 1. The van der Waals surface area contributed by atoms with Crippen LogP contribution in [0.3, 0.4) is 0 Å². The van der Waals surface area contributed by atoms with Crippen LogP contribution in [0.4, 0.5) is 0 Å². The van der Waals surface area contributed by atoms with Crippen LogP contribution in [0, 0.1) is 0 Å². The van der Waals surface area contributed by atoms with Gasteiger partial charge in [-0.15, -0.1) is 0 Å². The molecule has 4 nitrogen and oxygen atoms in total. The molecule has 0 atom stereocenters. The van der Waals surface area contributed by atoms with Crippen LogP contribution < -0.4 is 34.7 Å². The first-order valence-corrected chi connectivity index (χ1v) is 5.18. The van der Waals surface area contributed by atoms with Crippen molar-refractivity contribution >= 4 is 12.0 Å². The van der Waals surface area contributed by atoms with E-state index in [1.807, 2.05) is 35.0 Å². The van der Waals surface area contributed by atoms with E-state index in [1.54, 1.807) is 12.5 Å². The molecule has 5 heteroatoms. The monoisotopic (exact) mass is 250 g/mol. The minimum atomic E-state index is -1.19. The Bertz CT molecular complexity index is 536. The second kappa shape index (κ2) is 7.16. The fraction of sp³-hybridized carbons (Fsp3) is 0.0769. The van der Waals surface area contributed by atoms with E-state index >= 15 is 0 Å². The Morgan fingerprint density at radius 3 is 2.94 bits per heavy atom. The van der Waals surface area contributed by atoms with Crippen molar-refractivity contribution in [3.05, 3.63) is 60.2 Å². The van der Waals surface area contributed by atoms with Gasteiger partial charge in [0.25, 0.3) is 0 Å². The van der Waals surface area contributed by atoms with Crippen LogP contribution in [-0.4, -0.2) is 15.5 Å². The number of nitrogens with zero attached hydrogens (tertiary/aromatic N) is 2. The summed E-state index contributed by atoms with van der Waals surface area (Å²) in [6.07, 6.45) is 7.89. The molecule has 0 N–H and O–H groups in total. The molecule has 0 radical (unpaired) electrons. The third-order valence-electron chi connectivity index (χ3n) is 2.29. The number of carbonyl (C=O) groups is 1. The first-order chi connectivity index (χ1) is 8.24. The molecular weight excluding hydrogens is 239 g/mol. The van der Waals surface area contributed by atoms with Crippen molar-refractivity contribution < 1.29 is 39.5 Å². The predicted molar refractivity (Wildman–Crippen MR) is 61.8 cm³/mol. The van der Waals surface area contributed by atoms with E-state index in [4.69, 9.17) is 0 Å². The second-order valence-corrected chi connectivity index (χ2v) is 3.63. The molecule has 0 fully saturated rings. The van der Waals surface area contributed by atoms with Gasteiger partial charge in [-0.3, -0.25) is 0 Å². The van der Waals surface area contributed by atoms with Gasteiger partial charge < -0.3 is 14.5 Å². The first kappa shape index (κ1) is 14.7. The van der Waals surface area contributed by atoms with Gasteiger partial charge in [-0.05, 0) is 23.3 Å². The van der Waals surface area contributed by atoms with E-state index in [-0.39, 0.29) is 29.6 Å². The Kier molecular flexibility index (Phi) is 5.85. The Hall–Kier alpha value is -1.36. The van der Waals surface area contributed by atoms with E-state index in [0.717, 1.165) is 17.2 Å². The van der Waals surface area contributed by atoms with Crippen molar-refractivity contribution in [3.8, 4) is 0 Å². The van der Waals surface area contributed by atoms with Crippen LogP contribution >= 0.6 is 0 Å². The zero-order valence-corrected chi connectivity index (χ0v) is 12.1. The molecule has 86 valence electrons. The number of rotatable bonds is 4. The summed E-state index contributed by atoms with van der Waals surface area (Å²) in [5, 5.41) is 10.3. The minimum Gasteiger partial charge on any atom is -0.545 e. The minimum absolute atomic E-state index is 0. The summed E-state index contributed by atoms with van der Waals surface area (Å²) in [6, 6.07) is 7.65. The standard InChI is InChI=1S/C13H12N2O2.Na/c16-13(17)5-4-11-2-1-3-12(8-11)9-15-7-6-14-10-15;/h1-8,10H,9H2,(H,16,17);/q;+1/p-1/b5-4+;.